The molecule has 0 N–H and O–H groups in total. The molecule has 1 aromatic heterocycles. The van der Waals surface area contributed by atoms with Gasteiger partial charge in [-0.25, -0.2) is 0 Å². The van der Waals surface area contributed by atoms with E-state index in [1.54, 1.807) is 0 Å². The van der Waals surface area contributed by atoms with Crippen molar-refractivity contribution in [2.45, 2.75) is 0 Å². The Morgan fingerprint density at radius 2 is 0.848 bits per heavy atom. The predicted molar refractivity (Wildman–Crippen MR) is 273 cm³/mol. The van der Waals surface area contributed by atoms with Gasteiger partial charge in [-0.3, -0.25) is 0 Å². The third-order valence-corrected chi connectivity index (χ3v) is 6.66. The van der Waals surface area contributed by atoms with Crippen LogP contribution in [-0.2, 0) is 0 Å². The molecule has 1 heterocycles. The smallest absolute Gasteiger partial charge is 0.135 e. The van der Waals surface area contributed by atoms with Crippen molar-refractivity contribution in [2.24, 2.45) is 0 Å². The molecule has 0 bridgehead atoms. The summed E-state index contributed by atoms with van der Waals surface area (Å²) in [6.07, 6.45) is 0. The molecule has 7 rings (SSSR count). The molecule has 0 radical (unpaired) electrons. The summed E-state index contributed by atoms with van der Waals surface area (Å²) in [5, 5.41) is 7.39. The summed E-state index contributed by atoms with van der Waals surface area (Å²) < 4.78 is 6.10. The average molecular weight is 548 g/mol. The van der Waals surface area contributed by atoms with Gasteiger partial charge in [-0.05, 0) is 62.0 Å². The Kier molecular flexibility index (Phi) is 3.91. The zero-order valence-electron chi connectivity index (χ0n) is 18.0. The molecule has 1 heteroatoms. The standard InChI is InChI=1S/C32H20O.63H2/c1-2-10-21(11-3-1)31-24-13-4-6-15-26(24)32(27-16-7-5-14-25(27)31)22-18-19-30-28(20-22)23-12-8-9-17-29(23)33-30;;;;;;;;;;;;;;;;;;;;;;;;;;;;;;;;;;;;;;;;;;;;;;;;;;;;;;;;;;;;;;;/h1-20H;63*1H. The summed E-state index contributed by atoms with van der Waals surface area (Å²) in [6.45, 7) is 0. The largest absolute Gasteiger partial charge is 0.456 e. The Balaban J connectivity index is -0.00000000439. The molecule has 0 saturated heterocycles. The van der Waals surface area contributed by atoms with E-state index in [4.69, 9.17) is 4.42 Å². The van der Waals surface area contributed by atoms with Gasteiger partial charge in [0.05, 0.1) is 0 Å². The first-order valence-electron chi connectivity index (χ1n) is 11.3. The van der Waals surface area contributed by atoms with Crippen LogP contribution in [-0.4, -0.2) is 0 Å². The monoisotopic (exact) mass is 547 g/mol. The van der Waals surface area contributed by atoms with Gasteiger partial charge in [0.1, 0.15) is 11.2 Å². The van der Waals surface area contributed by atoms with Crippen LogP contribution >= 0.6 is 0 Å². The van der Waals surface area contributed by atoms with E-state index in [0.717, 1.165) is 21.9 Å². The van der Waals surface area contributed by atoms with Gasteiger partial charge in [0.2, 0.25) is 0 Å². The SMILES string of the molecule is [HH].[HH].[HH].[HH].[HH].[HH].[HH].[HH].[HH].[HH].[HH].[HH].[HH].[HH].[HH].[HH].[HH].[HH].[HH].[HH].[HH].[HH].[HH].[HH].[HH].[HH].[HH].[HH].[HH].[HH].[HH].[HH].[HH].[HH].[HH].[HH].[HH].[HH].[HH].[HH].[HH].[HH].[HH].[HH].[HH].[HH].[HH].[HH].[HH].[HH].[HH].[HH].[HH].[HH].[HH].[HH].[HH].[HH].[HH].[HH].[HH].[HH].[HH].c1ccc(-c2c3ccccc3c(-c3ccc4oc5ccccc5c4c3)c3ccccc23)cc1. The predicted octanol–water partition coefficient (Wildman–Crippen LogP) is 24.7. The highest BCUT2D eigenvalue weighted by atomic mass is 16.3. The second-order valence-electron chi connectivity index (χ2n) is 8.52. The van der Waals surface area contributed by atoms with Gasteiger partial charge in [0.15, 0.2) is 0 Å². The molecule has 0 spiro atoms. The number of furan rings is 1. The molecule has 0 unspecified atom stereocenters. The fourth-order valence-electron chi connectivity index (χ4n) is 5.24. The van der Waals surface area contributed by atoms with Gasteiger partial charge < -0.3 is 4.42 Å². The van der Waals surface area contributed by atoms with Crippen LogP contribution in [0.15, 0.2) is 126 Å². The molecule has 33 heavy (non-hydrogen) atoms. The molecule has 6 aromatic carbocycles. The Hall–Kier alpha value is -4.36. The second-order valence-corrected chi connectivity index (χ2v) is 8.52. The van der Waals surface area contributed by atoms with Crippen LogP contribution in [0.5, 0.6) is 0 Å². The first-order valence-corrected chi connectivity index (χ1v) is 11.3. The van der Waals surface area contributed by atoms with E-state index in [1.807, 2.05) is 12.1 Å². The van der Waals surface area contributed by atoms with E-state index >= 15 is 0 Å². The van der Waals surface area contributed by atoms with Gasteiger partial charge >= 0.3 is 0 Å². The van der Waals surface area contributed by atoms with Gasteiger partial charge in [0, 0.05) is 101 Å². The van der Waals surface area contributed by atoms with E-state index in [2.05, 4.69) is 109 Å². The highest BCUT2D eigenvalue weighted by molar-refractivity contribution is 6.22. The lowest BCUT2D eigenvalue weighted by molar-refractivity contribution is 0.669. The topological polar surface area (TPSA) is 13.1 Å². The van der Waals surface area contributed by atoms with Crippen molar-refractivity contribution >= 4 is 43.5 Å². The molecule has 0 amide bonds. The number of hydrogen-bond donors (Lipinski definition) is 0. The first kappa shape index (κ1) is 18.2. The van der Waals surface area contributed by atoms with Gasteiger partial charge in [0.25, 0.3) is 0 Å². The molecule has 280 valence electrons. The summed E-state index contributed by atoms with van der Waals surface area (Å²) in [6, 6.07) is 43.1. The van der Waals surface area contributed by atoms with E-state index in [-0.39, 0.29) is 89.9 Å². The molecule has 0 aliphatic heterocycles. The van der Waals surface area contributed by atoms with Crippen LogP contribution in [0.4, 0.5) is 0 Å². The van der Waals surface area contributed by atoms with Crippen molar-refractivity contribution < 1.29 is 94.3 Å². The number of benzene rings is 6. The zero-order valence-corrected chi connectivity index (χ0v) is 18.0. The van der Waals surface area contributed by atoms with Crippen LogP contribution in [0.2, 0.25) is 0 Å². The minimum atomic E-state index is 0. The maximum absolute atomic E-state index is 6.10. The average Bonchev–Trinajstić information content (AvgIpc) is 3.25. The molecule has 1 nitrogen and oxygen atoms in total. The minimum absolute atomic E-state index is 0. The van der Waals surface area contributed by atoms with Crippen LogP contribution < -0.4 is 0 Å². The van der Waals surface area contributed by atoms with Gasteiger partial charge in [-0.15, -0.1) is 0 Å². The molecular weight excluding hydrogens is 400 g/mol. The summed E-state index contributed by atoms with van der Waals surface area (Å²) in [7, 11) is 0. The minimum Gasteiger partial charge on any atom is -0.456 e. The molecule has 7 aromatic rings. The summed E-state index contributed by atoms with van der Waals surface area (Å²) >= 11 is 0. The number of rotatable bonds is 2. The van der Waals surface area contributed by atoms with Crippen molar-refractivity contribution in [1.82, 2.24) is 0 Å². The number of para-hydroxylation sites is 1. The highest BCUT2D eigenvalue weighted by Gasteiger charge is 2.17. The first-order chi connectivity index (χ1) is 16.4. The quantitative estimate of drug-likeness (QED) is 0.196. The van der Waals surface area contributed by atoms with Crippen LogP contribution in [0.25, 0.3) is 65.7 Å². The van der Waals surface area contributed by atoms with Crippen molar-refractivity contribution in [3.63, 3.8) is 0 Å². The summed E-state index contributed by atoms with van der Waals surface area (Å²) in [5.74, 6) is 0. The van der Waals surface area contributed by atoms with Crippen LogP contribution in [0.3, 0.4) is 0 Å². The second kappa shape index (κ2) is 7.08. The van der Waals surface area contributed by atoms with Crippen molar-refractivity contribution in [2.75, 3.05) is 0 Å². The van der Waals surface area contributed by atoms with Gasteiger partial charge in [-0.2, -0.15) is 0 Å². The Bertz CT molecular complexity index is 1840. The van der Waals surface area contributed by atoms with Crippen LogP contribution in [0, 0.1) is 0 Å². The highest BCUT2D eigenvalue weighted by Crippen LogP contribution is 2.44. The zero-order chi connectivity index (χ0) is 21.8. The third-order valence-electron chi connectivity index (χ3n) is 6.66. The maximum atomic E-state index is 6.10. The lowest BCUT2D eigenvalue weighted by Gasteiger charge is -2.17. The summed E-state index contributed by atoms with van der Waals surface area (Å²) in [5.41, 5.74) is 6.87. The van der Waals surface area contributed by atoms with Crippen molar-refractivity contribution in [3.05, 3.63) is 121 Å². The lowest BCUT2D eigenvalue weighted by Crippen LogP contribution is -1.90. The van der Waals surface area contributed by atoms with Crippen molar-refractivity contribution in [3.8, 4) is 22.3 Å². The molecular formula is C32H146O. The normalized spacial score (nSPS) is 11.6. The molecule has 0 fully saturated rings. The third kappa shape index (κ3) is 2.73. The molecule has 0 aliphatic carbocycles. The van der Waals surface area contributed by atoms with E-state index in [0.29, 0.717) is 0 Å². The summed E-state index contributed by atoms with van der Waals surface area (Å²) in [4.78, 5) is 0. The van der Waals surface area contributed by atoms with Crippen LogP contribution in [0.1, 0.15) is 89.9 Å². The van der Waals surface area contributed by atoms with E-state index in [9.17, 15) is 0 Å². The fourth-order valence-corrected chi connectivity index (χ4v) is 5.24. The number of hydrogen-bond acceptors (Lipinski definition) is 1. The van der Waals surface area contributed by atoms with E-state index < -0.39 is 0 Å². The molecule has 0 saturated carbocycles. The fraction of sp³-hybridized carbons (Fsp3) is 0. The van der Waals surface area contributed by atoms with E-state index in [1.165, 1.54) is 43.8 Å². The van der Waals surface area contributed by atoms with Crippen molar-refractivity contribution in [1.29, 1.82) is 0 Å². The lowest BCUT2D eigenvalue weighted by atomic mass is 9.86. The van der Waals surface area contributed by atoms with Gasteiger partial charge in [-0.1, -0.05) is 103 Å². The Morgan fingerprint density at radius 1 is 0.364 bits per heavy atom. The Morgan fingerprint density at radius 3 is 1.48 bits per heavy atom. The molecule has 0 aliphatic rings. The maximum Gasteiger partial charge on any atom is 0.135 e. The molecule has 0 atom stereocenters. The number of fused-ring (bicyclic) bond motifs is 5. The Labute approximate surface area is 285 Å².